The zero-order valence-corrected chi connectivity index (χ0v) is 15.4. The Morgan fingerprint density at radius 2 is 1.81 bits per heavy atom. The maximum atomic E-state index is 12.3. The van der Waals surface area contributed by atoms with Gasteiger partial charge in [0, 0.05) is 12.5 Å². The molecule has 0 radical (unpaired) electrons. The number of ether oxygens (including phenoxy) is 4. The summed E-state index contributed by atoms with van der Waals surface area (Å²) in [6.07, 6.45) is 0.890. The van der Waals surface area contributed by atoms with Gasteiger partial charge in [0.25, 0.3) is 0 Å². The minimum Gasteiger partial charge on any atom is -0.495 e. The second-order valence-corrected chi connectivity index (χ2v) is 6.12. The normalized spacial score (nSPS) is 12.4. The summed E-state index contributed by atoms with van der Waals surface area (Å²) < 4.78 is 21.5. The van der Waals surface area contributed by atoms with E-state index in [1.54, 1.807) is 12.1 Å². The largest absolute Gasteiger partial charge is 0.495 e. The van der Waals surface area contributed by atoms with Crippen LogP contribution >= 0.6 is 11.6 Å². The van der Waals surface area contributed by atoms with Gasteiger partial charge in [-0.2, -0.15) is 0 Å². The molecular formula is C19H20ClNO5. The van der Waals surface area contributed by atoms with Gasteiger partial charge in [-0.1, -0.05) is 17.7 Å². The Labute approximate surface area is 157 Å². The van der Waals surface area contributed by atoms with Gasteiger partial charge < -0.3 is 24.3 Å². The third kappa shape index (κ3) is 4.14. The first-order valence-electron chi connectivity index (χ1n) is 8.20. The Morgan fingerprint density at radius 1 is 1.08 bits per heavy atom. The fourth-order valence-electron chi connectivity index (χ4n) is 2.67. The molecule has 0 spiro atoms. The van der Waals surface area contributed by atoms with E-state index in [0.717, 1.165) is 17.1 Å². The number of carbonyl (C=O) groups excluding carboxylic acids is 1. The van der Waals surface area contributed by atoms with E-state index in [-0.39, 0.29) is 5.91 Å². The summed E-state index contributed by atoms with van der Waals surface area (Å²) in [7, 11) is 3.04. The van der Waals surface area contributed by atoms with Gasteiger partial charge in [0.1, 0.15) is 24.7 Å². The first-order valence-corrected chi connectivity index (χ1v) is 8.58. The highest BCUT2D eigenvalue weighted by molar-refractivity contribution is 6.32. The fraction of sp³-hybridized carbons (Fsp3) is 0.316. The predicted molar refractivity (Wildman–Crippen MR) is 98.9 cm³/mol. The first kappa shape index (κ1) is 18.2. The van der Waals surface area contributed by atoms with Crippen molar-refractivity contribution in [3.05, 3.63) is 40.9 Å². The lowest BCUT2D eigenvalue weighted by Crippen LogP contribution is -2.16. The van der Waals surface area contributed by atoms with Crippen LogP contribution in [0.15, 0.2) is 30.3 Å². The number of hydrogen-bond donors (Lipinski definition) is 1. The molecule has 1 aliphatic rings. The molecule has 1 heterocycles. The Kier molecular flexibility index (Phi) is 5.73. The summed E-state index contributed by atoms with van der Waals surface area (Å²) in [6, 6.07) is 8.96. The van der Waals surface area contributed by atoms with E-state index < -0.39 is 0 Å². The molecule has 0 bridgehead atoms. The number of nitrogens with one attached hydrogen (secondary N) is 1. The van der Waals surface area contributed by atoms with Gasteiger partial charge in [0.2, 0.25) is 5.91 Å². The summed E-state index contributed by atoms with van der Waals surface area (Å²) >= 11 is 6.12. The highest BCUT2D eigenvalue weighted by Gasteiger charge is 2.14. The molecule has 2 aromatic rings. The van der Waals surface area contributed by atoms with Crippen LogP contribution in [-0.4, -0.2) is 33.3 Å². The molecule has 1 amide bonds. The number of halogens is 1. The lowest BCUT2D eigenvalue weighted by Gasteiger charge is -2.18. The van der Waals surface area contributed by atoms with Crippen molar-refractivity contribution < 1.29 is 23.7 Å². The first-order chi connectivity index (χ1) is 12.6. The molecule has 2 aromatic carbocycles. The van der Waals surface area contributed by atoms with Gasteiger partial charge in [-0.05, 0) is 30.2 Å². The molecule has 0 fully saturated rings. The zero-order valence-electron chi connectivity index (χ0n) is 14.6. The summed E-state index contributed by atoms with van der Waals surface area (Å²) in [5, 5.41) is 3.22. The molecule has 7 heteroatoms. The van der Waals surface area contributed by atoms with Crippen LogP contribution in [0.2, 0.25) is 5.02 Å². The van der Waals surface area contributed by atoms with Gasteiger partial charge in [-0.15, -0.1) is 0 Å². The van der Waals surface area contributed by atoms with Gasteiger partial charge in [-0.3, -0.25) is 4.79 Å². The van der Waals surface area contributed by atoms with Crippen LogP contribution < -0.4 is 24.3 Å². The third-order valence-corrected chi connectivity index (χ3v) is 4.29. The van der Waals surface area contributed by atoms with E-state index in [9.17, 15) is 4.79 Å². The quantitative estimate of drug-likeness (QED) is 0.831. The van der Waals surface area contributed by atoms with E-state index in [4.69, 9.17) is 30.5 Å². The molecule has 138 valence electrons. The van der Waals surface area contributed by atoms with Crippen molar-refractivity contribution in [2.24, 2.45) is 0 Å². The smallest absolute Gasteiger partial charge is 0.224 e. The number of rotatable bonds is 6. The highest BCUT2D eigenvalue weighted by atomic mass is 35.5. The Hall–Kier alpha value is -2.60. The molecule has 0 atom stereocenters. The molecule has 3 rings (SSSR count). The van der Waals surface area contributed by atoms with Crippen LogP contribution in [0.4, 0.5) is 5.69 Å². The summed E-state index contributed by atoms with van der Waals surface area (Å²) in [5.41, 5.74) is 1.51. The Morgan fingerprint density at radius 3 is 2.54 bits per heavy atom. The maximum absolute atomic E-state index is 12.3. The van der Waals surface area contributed by atoms with Crippen molar-refractivity contribution in [3.8, 4) is 23.0 Å². The minimum absolute atomic E-state index is 0.139. The Bertz CT molecular complexity index is 809. The molecule has 1 aliphatic heterocycles. The summed E-state index contributed by atoms with van der Waals surface area (Å²) in [4.78, 5) is 12.3. The number of carbonyl (C=O) groups is 1. The van der Waals surface area contributed by atoms with Crippen molar-refractivity contribution in [1.82, 2.24) is 0 Å². The van der Waals surface area contributed by atoms with Crippen LogP contribution in [0.5, 0.6) is 23.0 Å². The van der Waals surface area contributed by atoms with Crippen molar-refractivity contribution in [2.45, 2.75) is 12.8 Å². The molecule has 0 saturated carbocycles. The molecule has 0 aliphatic carbocycles. The van der Waals surface area contributed by atoms with Crippen LogP contribution in [0.25, 0.3) is 0 Å². The van der Waals surface area contributed by atoms with Crippen molar-refractivity contribution in [3.63, 3.8) is 0 Å². The molecular weight excluding hydrogens is 358 g/mol. The fourth-order valence-corrected chi connectivity index (χ4v) is 2.91. The second-order valence-electron chi connectivity index (χ2n) is 5.71. The van der Waals surface area contributed by atoms with Crippen LogP contribution in [0.1, 0.15) is 12.0 Å². The Balaban J connectivity index is 1.63. The minimum atomic E-state index is -0.139. The van der Waals surface area contributed by atoms with Gasteiger partial charge in [-0.25, -0.2) is 0 Å². The standard InChI is InChI=1S/C19H20ClNO5/c1-23-16-11-17(24-2)14(10-13(16)20)21-19(22)6-4-12-3-5-15-18(9-12)26-8-7-25-15/h3,5,9-11H,4,6-8H2,1-2H3,(H,21,22). The van der Waals surface area contributed by atoms with Crippen LogP contribution in [0, 0.1) is 0 Å². The van der Waals surface area contributed by atoms with E-state index in [1.165, 1.54) is 14.2 Å². The van der Waals surface area contributed by atoms with Gasteiger partial charge in [0.05, 0.1) is 24.9 Å². The number of benzene rings is 2. The molecule has 6 nitrogen and oxygen atoms in total. The van der Waals surface area contributed by atoms with E-state index >= 15 is 0 Å². The van der Waals surface area contributed by atoms with Crippen molar-refractivity contribution in [2.75, 3.05) is 32.8 Å². The number of hydrogen-bond acceptors (Lipinski definition) is 5. The third-order valence-electron chi connectivity index (χ3n) is 4.00. The number of anilines is 1. The lowest BCUT2D eigenvalue weighted by molar-refractivity contribution is -0.116. The molecule has 0 saturated heterocycles. The monoisotopic (exact) mass is 377 g/mol. The molecule has 26 heavy (non-hydrogen) atoms. The SMILES string of the molecule is COc1cc(OC)c(NC(=O)CCc2ccc3c(c2)OCCO3)cc1Cl. The zero-order chi connectivity index (χ0) is 18.5. The van der Waals surface area contributed by atoms with E-state index in [0.29, 0.717) is 48.3 Å². The van der Waals surface area contributed by atoms with Crippen molar-refractivity contribution >= 4 is 23.2 Å². The number of methoxy groups -OCH3 is 2. The topological polar surface area (TPSA) is 66.0 Å². The summed E-state index contributed by atoms with van der Waals surface area (Å²) in [5.74, 6) is 2.29. The van der Waals surface area contributed by atoms with Crippen LogP contribution in [-0.2, 0) is 11.2 Å². The molecule has 0 aromatic heterocycles. The maximum Gasteiger partial charge on any atom is 0.224 e. The lowest BCUT2D eigenvalue weighted by atomic mass is 10.1. The number of fused-ring (bicyclic) bond motifs is 1. The average molecular weight is 378 g/mol. The van der Waals surface area contributed by atoms with Crippen molar-refractivity contribution in [1.29, 1.82) is 0 Å². The predicted octanol–water partition coefficient (Wildman–Crippen LogP) is 3.70. The van der Waals surface area contributed by atoms with E-state index in [2.05, 4.69) is 5.32 Å². The second kappa shape index (κ2) is 8.19. The van der Waals surface area contributed by atoms with Gasteiger partial charge in [0.15, 0.2) is 11.5 Å². The average Bonchev–Trinajstić information content (AvgIpc) is 2.66. The molecule has 1 N–H and O–H groups in total. The number of amides is 1. The van der Waals surface area contributed by atoms with Gasteiger partial charge >= 0.3 is 0 Å². The number of aryl methyl sites for hydroxylation is 1. The molecule has 0 unspecified atom stereocenters. The summed E-state index contributed by atoms with van der Waals surface area (Å²) in [6.45, 7) is 1.09. The highest BCUT2D eigenvalue weighted by Crippen LogP contribution is 2.36. The van der Waals surface area contributed by atoms with E-state index in [1.807, 2.05) is 18.2 Å². The van der Waals surface area contributed by atoms with Crippen LogP contribution in [0.3, 0.4) is 0 Å².